The summed E-state index contributed by atoms with van der Waals surface area (Å²) in [5.41, 5.74) is 1.04. The molecule has 0 unspecified atom stereocenters. The van der Waals surface area contributed by atoms with Crippen LogP contribution in [0.25, 0.3) is 16.9 Å². The number of hydrogen-bond acceptors (Lipinski definition) is 7. The first-order valence-corrected chi connectivity index (χ1v) is 11.4. The zero-order valence-corrected chi connectivity index (χ0v) is 17.8. The predicted molar refractivity (Wildman–Crippen MR) is 111 cm³/mol. The Morgan fingerprint density at radius 3 is 2.58 bits per heavy atom. The fourth-order valence-electron chi connectivity index (χ4n) is 4.20. The van der Waals surface area contributed by atoms with Gasteiger partial charge in [-0.05, 0) is 31.2 Å². The molecule has 1 saturated heterocycles. The van der Waals surface area contributed by atoms with E-state index in [1.807, 2.05) is 6.26 Å². The summed E-state index contributed by atoms with van der Waals surface area (Å²) in [4.78, 5) is 13.0. The lowest BCUT2D eigenvalue weighted by Gasteiger charge is -2.35. The SMILES string of the molecule is CSc1nc(OC2CCC3(CC2)OCCO3)cc(-n2c(C(F)F)nc3ccccc32)n1. The first-order chi connectivity index (χ1) is 15.1. The van der Waals surface area contributed by atoms with Crippen LogP contribution in [0.1, 0.15) is 37.9 Å². The van der Waals surface area contributed by atoms with Crippen molar-refractivity contribution >= 4 is 22.8 Å². The molecule has 0 N–H and O–H groups in total. The maximum atomic E-state index is 13.8. The van der Waals surface area contributed by atoms with Crippen LogP contribution in [0.5, 0.6) is 5.88 Å². The first kappa shape index (κ1) is 20.6. The molecular weight excluding hydrogens is 426 g/mol. The Balaban J connectivity index is 1.46. The lowest BCUT2D eigenvalue weighted by atomic mass is 9.92. The van der Waals surface area contributed by atoms with E-state index in [0.717, 1.165) is 25.7 Å². The van der Waals surface area contributed by atoms with Gasteiger partial charge in [0.15, 0.2) is 16.8 Å². The van der Waals surface area contributed by atoms with Gasteiger partial charge in [0.1, 0.15) is 11.9 Å². The Kier molecular flexibility index (Phi) is 5.53. The maximum absolute atomic E-state index is 13.8. The van der Waals surface area contributed by atoms with Crippen LogP contribution in [0.4, 0.5) is 8.78 Å². The average Bonchev–Trinajstić information content (AvgIpc) is 3.40. The molecule has 1 saturated carbocycles. The molecule has 2 aromatic heterocycles. The van der Waals surface area contributed by atoms with Crippen molar-refractivity contribution in [2.75, 3.05) is 19.5 Å². The van der Waals surface area contributed by atoms with Crippen LogP contribution in [0.3, 0.4) is 0 Å². The molecule has 164 valence electrons. The van der Waals surface area contributed by atoms with Gasteiger partial charge in [-0.2, -0.15) is 4.98 Å². The summed E-state index contributed by atoms with van der Waals surface area (Å²) < 4.78 is 46.6. The van der Waals surface area contributed by atoms with Crippen LogP contribution in [0, 0.1) is 0 Å². The third kappa shape index (κ3) is 3.99. The van der Waals surface area contributed by atoms with Gasteiger partial charge in [-0.25, -0.2) is 18.7 Å². The Labute approximate surface area is 182 Å². The number of hydrogen-bond donors (Lipinski definition) is 0. The molecule has 1 aromatic carbocycles. The van der Waals surface area contributed by atoms with Gasteiger partial charge in [-0.1, -0.05) is 23.9 Å². The van der Waals surface area contributed by atoms with E-state index < -0.39 is 12.2 Å². The average molecular weight is 448 g/mol. The molecule has 1 aliphatic carbocycles. The van der Waals surface area contributed by atoms with Crippen LogP contribution in [0.15, 0.2) is 35.5 Å². The fraction of sp³-hybridized carbons (Fsp3) is 0.476. The molecule has 2 fully saturated rings. The number of alkyl halides is 2. The Bertz CT molecular complexity index is 1080. The monoisotopic (exact) mass is 448 g/mol. The minimum Gasteiger partial charge on any atom is -0.474 e. The van der Waals surface area contributed by atoms with Gasteiger partial charge in [-0.3, -0.25) is 4.57 Å². The first-order valence-electron chi connectivity index (χ1n) is 10.2. The number of para-hydroxylation sites is 2. The second kappa shape index (κ2) is 8.33. The number of aromatic nitrogens is 4. The molecule has 0 radical (unpaired) electrons. The van der Waals surface area contributed by atoms with Crippen LogP contribution in [-0.2, 0) is 9.47 Å². The van der Waals surface area contributed by atoms with Crippen molar-refractivity contribution in [2.45, 2.75) is 49.2 Å². The summed E-state index contributed by atoms with van der Waals surface area (Å²) >= 11 is 1.33. The maximum Gasteiger partial charge on any atom is 0.296 e. The molecule has 0 bridgehead atoms. The summed E-state index contributed by atoms with van der Waals surface area (Å²) in [6.07, 6.45) is 2.09. The van der Waals surface area contributed by atoms with E-state index in [9.17, 15) is 8.78 Å². The third-order valence-corrected chi connectivity index (χ3v) is 6.21. The number of nitrogens with zero attached hydrogens (tertiary/aromatic N) is 4. The second-order valence-electron chi connectivity index (χ2n) is 7.57. The van der Waals surface area contributed by atoms with Gasteiger partial charge < -0.3 is 14.2 Å². The minimum absolute atomic E-state index is 0.0509. The van der Waals surface area contributed by atoms with E-state index in [-0.39, 0.29) is 11.9 Å². The van der Waals surface area contributed by atoms with Gasteiger partial charge in [0, 0.05) is 18.9 Å². The topological polar surface area (TPSA) is 71.3 Å². The van der Waals surface area contributed by atoms with Crippen molar-refractivity contribution < 1.29 is 23.0 Å². The van der Waals surface area contributed by atoms with Crippen LogP contribution < -0.4 is 4.74 Å². The Morgan fingerprint density at radius 1 is 1.13 bits per heavy atom. The zero-order valence-electron chi connectivity index (χ0n) is 17.0. The van der Waals surface area contributed by atoms with Gasteiger partial charge in [0.05, 0.1) is 24.2 Å². The molecule has 1 spiro atoms. The molecule has 7 nitrogen and oxygen atoms in total. The summed E-state index contributed by atoms with van der Waals surface area (Å²) in [6.45, 7) is 1.26. The van der Waals surface area contributed by atoms with Gasteiger partial charge in [0.25, 0.3) is 6.43 Å². The normalized spacial score (nSPS) is 19.0. The van der Waals surface area contributed by atoms with Gasteiger partial charge in [-0.15, -0.1) is 0 Å². The highest BCUT2D eigenvalue weighted by atomic mass is 32.2. The fourth-order valence-corrected chi connectivity index (χ4v) is 4.56. The highest BCUT2D eigenvalue weighted by Crippen LogP contribution is 2.37. The smallest absolute Gasteiger partial charge is 0.296 e. The lowest BCUT2D eigenvalue weighted by molar-refractivity contribution is -0.186. The quantitative estimate of drug-likeness (QED) is 0.419. The van der Waals surface area contributed by atoms with E-state index >= 15 is 0 Å². The molecule has 3 aromatic rings. The number of halogens is 2. The van der Waals surface area contributed by atoms with Crippen LogP contribution >= 0.6 is 11.8 Å². The molecule has 0 amide bonds. The van der Waals surface area contributed by atoms with Crippen LogP contribution in [-0.4, -0.2) is 50.9 Å². The molecule has 10 heteroatoms. The largest absolute Gasteiger partial charge is 0.474 e. The molecule has 3 heterocycles. The van der Waals surface area contributed by atoms with E-state index in [1.165, 1.54) is 16.3 Å². The Morgan fingerprint density at radius 2 is 1.87 bits per heavy atom. The van der Waals surface area contributed by atoms with E-state index in [4.69, 9.17) is 14.2 Å². The standard InChI is InChI=1S/C21H22F2N4O3S/c1-31-20-25-16(27-15-5-3-2-4-14(15)24-19(27)18(22)23)12-17(26-20)30-13-6-8-21(9-7-13)28-10-11-29-21/h2-5,12-13,18H,6-11H2,1H3. The van der Waals surface area contributed by atoms with Crippen molar-refractivity contribution in [3.05, 3.63) is 36.2 Å². The van der Waals surface area contributed by atoms with Crippen molar-refractivity contribution in [1.82, 2.24) is 19.5 Å². The summed E-state index contributed by atoms with van der Waals surface area (Å²) in [7, 11) is 0. The van der Waals surface area contributed by atoms with E-state index in [1.54, 1.807) is 30.3 Å². The summed E-state index contributed by atoms with van der Waals surface area (Å²) in [6, 6.07) is 8.61. The molecule has 5 rings (SSSR count). The summed E-state index contributed by atoms with van der Waals surface area (Å²) in [5, 5.41) is 0.445. The van der Waals surface area contributed by atoms with Crippen molar-refractivity contribution in [3.8, 4) is 11.7 Å². The Hall–Kier alpha value is -2.30. The molecular formula is C21H22F2N4O3S. The van der Waals surface area contributed by atoms with E-state index in [2.05, 4.69) is 15.0 Å². The molecule has 2 aliphatic rings. The summed E-state index contributed by atoms with van der Waals surface area (Å²) in [5.74, 6) is -0.147. The van der Waals surface area contributed by atoms with Crippen molar-refractivity contribution in [3.63, 3.8) is 0 Å². The zero-order chi connectivity index (χ0) is 21.4. The van der Waals surface area contributed by atoms with Crippen molar-refractivity contribution in [2.24, 2.45) is 0 Å². The third-order valence-electron chi connectivity index (χ3n) is 5.66. The number of thioether (sulfide) groups is 1. The second-order valence-corrected chi connectivity index (χ2v) is 8.34. The predicted octanol–water partition coefficient (Wildman–Crippen LogP) is 4.54. The molecule has 0 atom stereocenters. The van der Waals surface area contributed by atoms with Gasteiger partial charge >= 0.3 is 0 Å². The van der Waals surface area contributed by atoms with Crippen LogP contribution in [0.2, 0.25) is 0 Å². The van der Waals surface area contributed by atoms with Crippen molar-refractivity contribution in [1.29, 1.82) is 0 Å². The highest BCUT2D eigenvalue weighted by molar-refractivity contribution is 7.98. The van der Waals surface area contributed by atoms with E-state index in [0.29, 0.717) is 41.1 Å². The minimum atomic E-state index is -2.74. The van der Waals surface area contributed by atoms with Gasteiger partial charge in [0.2, 0.25) is 5.88 Å². The highest BCUT2D eigenvalue weighted by Gasteiger charge is 2.41. The number of imidazole rings is 1. The molecule has 1 aliphatic heterocycles. The number of benzene rings is 1. The number of ether oxygens (including phenoxy) is 3. The lowest BCUT2D eigenvalue weighted by Crippen LogP contribution is -2.38. The number of rotatable bonds is 5. The number of fused-ring (bicyclic) bond motifs is 1. The molecule has 31 heavy (non-hydrogen) atoms.